The second-order valence-corrected chi connectivity index (χ2v) is 6.09. The van der Waals surface area contributed by atoms with Crippen LogP contribution in [0.4, 0.5) is 11.6 Å². The molecule has 1 atom stereocenters. The summed E-state index contributed by atoms with van der Waals surface area (Å²) in [6.45, 7) is 0. The van der Waals surface area contributed by atoms with E-state index >= 15 is 0 Å². The summed E-state index contributed by atoms with van der Waals surface area (Å²) in [5.41, 5.74) is 2.64. The number of nitrogens with zero attached hydrogens (tertiary/aromatic N) is 3. The van der Waals surface area contributed by atoms with Crippen molar-refractivity contribution in [3.8, 4) is 0 Å². The number of amides is 2. The highest BCUT2D eigenvalue weighted by Crippen LogP contribution is 2.27. The zero-order valence-corrected chi connectivity index (χ0v) is 13.5. The van der Waals surface area contributed by atoms with Crippen LogP contribution in [0.1, 0.15) is 18.4 Å². The summed E-state index contributed by atoms with van der Waals surface area (Å²) in [6.07, 6.45) is 3.18. The van der Waals surface area contributed by atoms with Gasteiger partial charge in [0.1, 0.15) is 0 Å². The lowest BCUT2D eigenvalue weighted by Crippen LogP contribution is -2.30. The van der Waals surface area contributed by atoms with Gasteiger partial charge in [-0.05, 0) is 36.6 Å². The summed E-state index contributed by atoms with van der Waals surface area (Å²) in [4.78, 5) is 24.4. The Morgan fingerprint density at radius 2 is 2.04 bits per heavy atom. The number of hydrogen-bond donors (Lipinski definition) is 2. The normalized spacial score (nSPS) is 16.3. The Morgan fingerprint density at radius 3 is 2.96 bits per heavy atom. The molecule has 0 saturated carbocycles. The third kappa shape index (κ3) is 3.08. The Hall–Kier alpha value is -3.22. The topological polar surface area (TPSA) is 88.4 Å². The van der Waals surface area contributed by atoms with Crippen LogP contribution in [-0.2, 0) is 16.0 Å². The van der Waals surface area contributed by atoms with E-state index in [2.05, 4.69) is 20.8 Å². The Morgan fingerprint density at radius 1 is 1.20 bits per heavy atom. The average molecular weight is 335 g/mol. The summed E-state index contributed by atoms with van der Waals surface area (Å²) >= 11 is 0. The molecule has 1 aliphatic rings. The molecule has 0 saturated heterocycles. The number of carbonyl (C=O) groups is 2. The SMILES string of the molecule is O=C(CCC1Cc2ccccc2NC1=O)Nc1nnc2ccccn12. The first-order valence-corrected chi connectivity index (χ1v) is 8.19. The smallest absolute Gasteiger partial charge is 0.235 e. The summed E-state index contributed by atoms with van der Waals surface area (Å²) < 4.78 is 1.71. The van der Waals surface area contributed by atoms with E-state index in [0.717, 1.165) is 11.3 Å². The Labute approximate surface area is 144 Å². The largest absolute Gasteiger partial charge is 0.326 e. The molecule has 25 heavy (non-hydrogen) atoms. The first-order valence-electron chi connectivity index (χ1n) is 8.19. The van der Waals surface area contributed by atoms with Gasteiger partial charge in [0, 0.05) is 24.2 Å². The summed E-state index contributed by atoms with van der Waals surface area (Å²) in [6, 6.07) is 13.3. The average Bonchev–Trinajstić information content (AvgIpc) is 3.03. The van der Waals surface area contributed by atoms with Gasteiger partial charge in [-0.25, -0.2) is 0 Å². The molecule has 1 aromatic carbocycles. The molecule has 4 rings (SSSR count). The van der Waals surface area contributed by atoms with Crippen LogP contribution < -0.4 is 10.6 Å². The number of nitrogens with one attached hydrogen (secondary N) is 2. The van der Waals surface area contributed by atoms with Gasteiger partial charge in [-0.15, -0.1) is 10.2 Å². The molecule has 0 bridgehead atoms. The second-order valence-electron chi connectivity index (χ2n) is 6.09. The van der Waals surface area contributed by atoms with Gasteiger partial charge in [-0.1, -0.05) is 24.3 Å². The standard InChI is InChI=1S/C18H17N5O2/c24-16(20-18-22-21-15-7-3-4-10-23(15)18)9-8-13-11-12-5-1-2-6-14(12)19-17(13)25/h1-7,10,13H,8-9,11H2,(H,19,25)(H,20,22,24). The van der Waals surface area contributed by atoms with E-state index in [-0.39, 0.29) is 24.2 Å². The minimum absolute atomic E-state index is 0.0283. The lowest BCUT2D eigenvalue weighted by molar-refractivity contribution is -0.121. The van der Waals surface area contributed by atoms with E-state index in [1.54, 1.807) is 10.6 Å². The lowest BCUT2D eigenvalue weighted by atomic mass is 9.89. The number of benzene rings is 1. The highest BCUT2D eigenvalue weighted by molar-refractivity contribution is 5.96. The van der Waals surface area contributed by atoms with Crippen molar-refractivity contribution in [2.24, 2.45) is 5.92 Å². The van der Waals surface area contributed by atoms with Crippen LogP contribution in [0.25, 0.3) is 5.65 Å². The highest BCUT2D eigenvalue weighted by atomic mass is 16.2. The molecular formula is C18H17N5O2. The maximum atomic E-state index is 12.2. The van der Waals surface area contributed by atoms with Gasteiger partial charge in [-0.2, -0.15) is 0 Å². The van der Waals surface area contributed by atoms with Gasteiger partial charge in [-0.3, -0.25) is 19.3 Å². The number of aromatic nitrogens is 3. The van der Waals surface area contributed by atoms with Gasteiger partial charge in [0.15, 0.2) is 5.65 Å². The Bertz CT molecular complexity index is 949. The van der Waals surface area contributed by atoms with Crippen LogP contribution >= 0.6 is 0 Å². The van der Waals surface area contributed by atoms with Gasteiger partial charge in [0.2, 0.25) is 17.8 Å². The molecule has 7 nitrogen and oxygen atoms in total. The fourth-order valence-electron chi connectivity index (χ4n) is 3.07. The molecule has 3 aromatic rings. The predicted molar refractivity (Wildman–Crippen MR) is 93.1 cm³/mol. The highest BCUT2D eigenvalue weighted by Gasteiger charge is 2.26. The molecule has 2 amide bonds. The molecule has 0 radical (unpaired) electrons. The number of carbonyl (C=O) groups excluding carboxylic acids is 2. The fraction of sp³-hybridized carbons (Fsp3) is 0.222. The molecule has 3 heterocycles. The molecule has 1 unspecified atom stereocenters. The van der Waals surface area contributed by atoms with Crippen LogP contribution in [-0.4, -0.2) is 26.4 Å². The third-order valence-electron chi connectivity index (χ3n) is 4.40. The Balaban J connectivity index is 1.38. The van der Waals surface area contributed by atoms with E-state index < -0.39 is 0 Å². The lowest BCUT2D eigenvalue weighted by Gasteiger charge is -2.24. The molecule has 0 spiro atoms. The Kier molecular flexibility index (Phi) is 3.89. The first kappa shape index (κ1) is 15.3. The molecule has 2 N–H and O–H groups in total. The maximum absolute atomic E-state index is 12.2. The van der Waals surface area contributed by atoms with E-state index in [9.17, 15) is 9.59 Å². The molecule has 7 heteroatoms. The number of fused-ring (bicyclic) bond motifs is 2. The molecule has 2 aromatic heterocycles. The van der Waals surface area contributed by atoms with E-state index in [0.29, 0.717) is 24.4 Å². The summed E-state index contributed by atoms with van der Waals surface area (Å²) in [5.74, 6) is -0.0147. The third-order valence-corrected chi connectivity index (χ3v) is 4.40. The molecule has 0 fully saturated rings. The second kappa shape index (κ2) is 6.35. The minimum Gasteiger partial charge on any atom is -0.326 e. The number of para-hydroxylation sites is 1. The number of pyridine rings is 1. The molecular weight excluding hydrogens is 318 g/mol. The van der Waals surface area contributed by atoms with Crippen LogP contribution in [0.3, 0.4) is 0 Å². The molecule has 1 aliphatic heterocycles. The van der Waals surface area contributed by atoms with Crippen LogP contribution in [0.2, 0.25) is 0 Å². The number of rotatable bonds is 4. The van der Waals surface area contributed by atoms with Crippen molar-refractivity contribution in [1.29, 1.82) is 0 Å². The van der Waals surface area contributed by atoms with Crippen LogP contribution in [0.15, 0.2) is 48.7 Å². The van der Waals surface area contributed by atoms with Gasteiger partial charge in [0.05, 0.1) is 0 Å². The van der Waals surface area contributed by atoms with E-state index in [4.69, 9.17) is 0 Å². The van der Waals surface area contributed by atoms with Crippen molar-refractivity contribution < 1.29 is 9.59 Å². The number of hydrogen-bond acceptors (Lipinski definition) is 4. The minimum atomic E-state index is -0.198. The summed E-state index contributed by atoms with van der Waals surface area (Å²) in [5, 5.41) is 13.6. The van der Waals surface area contributed by atoms with Gasteiger partial charge >= 0.3 is 0 Å². The van der Waals surface area contributed by atoms with Crippen molar-refractivity contribution in [2.45, 2.75) is 19.3 Å². The van der Waals surface area contributed by atoms with Crippen LogP contribution in [0, 0.1) is 5.92 Å². The maximum Gasteiger partial charge on any atom is 0.235 e. The fourth-order valence-corrected chi connectivity index (χ4v) is 3.07. The van der Waals surface area contributed by atoms with Crippen molar-refractivity contribution >= 4 is 29.1 Å². The zero-order chi connectivity index (χ0) is 17.2. The van der Waals surface area contributed by atoms with Crippen molar-refractivity contribution in [3.63, 3.8) is 0 Å². The quantitative estimate of drug-likeness (QED) is 0.765. The first-order chi connectivity index (χ1) is 12.2. The van der Waals surface area contributed by atoms with Crippen LogP contribution in [0.5, 0.6) is 0 Å². The van der Waals surface area contributed by atoms with E-state index in [1.807, 2.05) is 42.5 Å². The van der Waals surface area contributed by atoms with Crippen molar-refractivity contribution in [1.82, 2.24) is 14.6 Å². The van der Waals surface area contributed by atoms with Crippen molar-refractivity contribution in [3.05, 3.63) is 54.2 Å². The summed E-state index contributed by atoms with van der Waals surface area (Å²) in [7, 11) is 0. The van der Waals surface area contributed by atoms with Gasteiger partial charge < -0.3 is 5.32 Å². The monoisotopic (exact) mass is 335 g/mol. The molecule has 0 aliphatic carbocycles. The number of anilines is 2. The van der Waals surface area contributed by atoms with Crippen molar-refractivity contribution in [2.75, 3.05) is 10.6 Å². The van der Waals surface area contributed by atoms with Gasteiger partial charge in [0.25, 0.3) is 0 Å². The molecule has 126 valence electrons. The predicted octanol–water partition coefficient (Wildman–Crippen LogP) is 2.26. The van der Waals surface area contributed by atoms with E-state index in [1.165, 1.54) is 0 Å². The zero-order valence-electron chi connectivity index (χ0n) is 13.5.